The highest BCUT2D eigenvalue weighted by Crippen LogP contribution is 2.31. The fourth-order valence-electron chi connectivity index (χ4n) is 2.63. The molecule has 0 aromatic heterocycles. The average Bonchev–Trinajstić information content (AvgIpc) is 2.46. The molecule has 0 radical (unpaired) electrons. The van der Waals surface area contributed by atoms with Gasteiger partial charge in [-0.2, -0.15) is 0 Å². The molecule has 0 bridgehead atoms. The lowest BCUT2D eigenvalue weighted by Crippen LogP contribution is -2.15. The maximum atomic E-state index is 6.02. The van der Waals surface area contributed by atoms with E-state index in [0.29, 0.717) is 13.2 Å². The summed E-state index contributed by atoms with van der Waals surface area (Å²) in [5.74, 6) is 1.21. The van der Waals surface area contributed by atoms with Crippen LogP contribution in [-0.2, 0) is 0 Å². The van der Waals surface area contributed by atoms with Gasteiger partial charge >= 0.3 is 0 Å². The molecule has 2 N–H and O–H groups in total. The second kappa shape index (κ2) is 6.58. The Morgan fingerprint density at radius 3 is 2.35 bits per heavy atom. The number of ether oxygens (including phenoxy) is 1. The molecule has 2 rings (SSSR count). The second-order valence-corrected chi connectivity index (χ2v) is 5.11. The van der Waals surface area contributed by atoms with Crippen molar-refractivity contribution >= 4 is 0 Å². The van der Waals surface area contributed by atoms with Crippen LogP contribution in [0.15, 0.2) is 42.5 Å². The highest BCUT2D eigenvalue weighted by atomic mass is 16.5. The van der Waals surface area contributed by atoms with Gasteiger partial charge in [-0.3, -0.25) is 0 Å². The standard InChI is InChI=1S/C18H23NO/c1-4-20-18-11-13(2)16(10-14(18)3)17(12-19)15-8-6-5-7-9-15/h5-11,17H,4,12,19H2,1-3H3. The first-order valence-corrected chi connectivity index (χ1v) is 7.16. The molecule has 2 nitrogen and oxygen atoms in total. The van der Waals surface area contributed by atoms with Crippen molar-refractivity contribution in [2.24, 2.45) is 5.73 Å². The molecule has 0 heterocycles. The van der Waals surface area contributed by atoms with E-state index in [4.69, 9.17) is 10.5 Å². The van der Waals surface area contributed by atoms with E-state index in [2.05, 4.69) is 50.2 Å². The van der Waals surface area contributed by atoms with Crippen molar-refractivity contribution in [1.82, 2.24) is 0 Å². The van der Waals surface area contributed by atoms with Crippen molar-refractivity contribution in [1.29, 1.82) is 0 Å². The smallest absolute Gasteiger partial charge is 0.122 e. The fourth-order valence-corrected chi connectivity index (χ4v) is 2.63. The number of aryl methyl sites for hydroxylation is 2. The van der Waals surface area contributed by atoms with Crippen LogP contribution in [0.2, 0.25) is 0 Å². The van der Waals surface area contributed by atoms with Crippen LogP contribution in [0.1, 0.15) is 35.1 Å². The molecule has 0 spiro atoms. The topological polar surface area (TPSA) is 35.2 Å². The van der Waals surface area contributed by atoms with E-state index in [9.17, 15) is 0 Å². The summed E-state index contributed by atoms with van der Waals surface area (Å²) in [4.78, 5) is 0. The number of rotatable bonds is 5. The Morgan fingerprint density at radius 1 is 1.05 bits per heavy atom. The lowest BCUT2D eigenvalue weighted by atomic mass is 9.87. The molecule has 1 atom stereocenters. The van der Waals surface area contributed by atoms with Gasteiger partial charge in [-0.15, -0.1) is 0 Å². The Morgan fingerprint density at radius 2 is 1.75 bits per heavy atom. The molecule has 0 amide bonds. The summed E-state index contributed by atoms with van der Waals surface area (Å²) in [7, 11) is 0. The third kappa shape index (κ3) is 3.02. The summed E-state index contributed by atoms with van der Waals surface area (Å²) in [6, 6.07) is 14.8. The summed E-state index contributed by atoms with van der Waals surface area (Å²) in [5, 5.41) is 0. The quantitative estimate of drug-likeness (QED) is 0.896. The number of hydrogen-bond acceptors (Lipinski definition) is 2. The number of benzene rings is 2. The van der Waals surface area contributed by atoms with E-state index in [0.717, 1.165) is 5.75 Å². The van der Waals surface area contributed by atoms with Gasteiger partial charge in [0.25, 0.3) is 0 Å². The fraction of sp³-hybridized carbons (Fsp3) is 0.333. The van der Waals surface area contributed by atoms with Crippen molar-refractivity contribution < 1.29 is 4.74 Å². The van der Waals surface area contributed by atoms with Gasteiger partial charge in [0.05, 0.1) is 6.61 Å². The summed E-state index contributed by atoms with van der Waals surface area (Å²) in [6.45, 7) is 7.53. The largest absolute Gasteiger partial charge is 0.494 e. The molecule has 0 aliphatic rings. The SMILES string of the molecule is CCOc1cc(C)c(C(CN)c2ccccc2)cc1C. The normalized spacial score (nSPS) is 12.2. The van der Waals surface area contributed by atoms with Gasteiger partial charge in [-0.05, 0) is 49.1 Å². The predicted molar refractivity (Wildman–Crippen MR) is 84.4 cm³/mol. The van der Waals surface area contributed by atoms with Crippen LogP contribution in [0.5, 0.6) is 5.75 Å². The van der Waals surface area contributed by atoms with Crippen LogP contribution in [0.4, 0.5) is 0 Å². The summed E-state index contributed by atoms with van der Waals surface area (Å²) < 4.78 is 5.66. The first-order valence-electron chi connectivity index (χ1n) is 7.16. The van der Waals surface area contributed by atoms with Crippen molar-refractivity contribution in [2.45, 2.75) is 26.7 Å². The monoisotopic (exact) mass is 269 g/mol. The minimum atomic E-state index is 0.241. The molecule has 0 aliphatic heterocycles. The lowest BCUT2D eigenvalue weighted by Gasteiger charge is -2.20. The first-order chi connectivity index (χ1) is 9.67. The number of hydrogen-bond donors (Lipinski definition) is 1. The Labute approximate surface area is 121 Å². The Balaban J connectivity index is 2.43. The maximum Gasteiger partial charge on any atom is 0.122 e. The van der Waals surface area contributed by atoms with Gasteiger partial charge in [0.15, 0.2) is 0 Å². The molecule has 0 saturated carbocycles. The van der Waals surface area contributed by atoms with Crippen LogP contribution in [0, 0.1) is 13.8 Å². The average molecular weight is 269 g/mol. The van der Waals surface area contributed by atoms with Gasteiger partial charge in [-0.25, -0.2) is 0 Å². The minimum absolute atomic E-state index is 0.241. The summed E-state index contributed by atoms with van der Waals surface area (Å²) >= 11 is 0. The van der Waals surface area contributed by atoms with Gasteiger partial charge in [0, 0.05) is 12.5 Å². The zero-order valence-electron chi connectivity index (χ0n) is 12.5. The van der Waals surface area contributed by atoms with Crippen molar-refractivity contribution in [3.8, 4) is 5.75 Å². The first kappa shape index (κ1) is 14.6. The van der Waals surface area contributed by atoms with Crippen LogP contribution in [0.3, 0.4) is 0 Å². The van der Waals surface area contributed by atoms with Crippen molar-refractivity contribution in [3.05, 3.63) is 64.7 Å². The lowest BCUT2D eigenvalue weighted by molar-refractivity contribution is 0.337. The van der Waals surface area contributed by atoms with E-state index < -0.39 is 0 Å². The van der Waals surface area contributed by atoms with E-state index in [1.54, 1.807) is 0 Å². The zero-order valence-corrected chi connectivity index (χ0v) is 12.5. The predicted octanol–water partition coefficient (Wildman–Crippen LogP) is 3.79. The molecule has 0 fully saturated rings. The van der Waals surface area contributed by atoms with E-state index in [1.807, 2.05) is 13.0 Å². The van der Waals surface area contributed by atoms with Crippen LogP contribution < -0.4 is 10.5 Å². The van der Waals surface area contributed by atoms with Crippen molar-refractivity contribution in [3.63, 3.8) is 0 Å². The highest BCUT2D eigenvalue weighted by Gasteiger charge is 2.16. The molecule has 2 aromatic carbocycles. The minimum Gasteiger partial charge on any atom is -0.494 e. The van der Waals surface area contributed by atoms with Gasteiger partial charge in [0.1, 0.15) is 5.75 Å². The molecule has 1 unspecified atom stereocenters. The Bertz CT molecular complexity index is 563. The van der Waals surface area contributed by atoms with E-state index in [-0.39, 0.29) is 5.92 Å². The maximum absolute atomic E-state index is 6.02. The van der Waals surface area contributed by atoms with Crippen LogP contribution in [-0.4, -0.2) is 13.2 Å². The third-order valence-corrected chi connectivity index (χ3v) is 3.68. The van der Waals surface area contributed by atoms with Crippen molar-refractivity contribution in [2.75, 3.05) is 13.2 Å². The molecule has 0 aliphatic carbocycles. The van der Waals surface area contributed by atoms with Crippen LogP contribution in [0.25, 0.3) is 0 Å². The summed E-state index contributed by atoms with van der Waals surface area (Å²) in [5.41, 5.74) is 11.0. The zero-order chi connectivity index (χ0) is 14.5. The van der Waals surface area contributed by atoms with Gasteiger partial charge < -0.3 is 10.5 Å². The van der Waals surface area contributed by atoms with Gasteiger partial charge in [0.2, 0.25) is 0 Å². The van der Waals surface area contributed by atoms with Gasteiger partial charge in [-0.1, -0.05) is 36.4 Å². The van der Waals surface area contributed by atoms with E-state index in [1.165, 1.54) is 22.3 Å². The number of nitrogens with two attached hydrogens (primary N) is 1. The molecule has 0 saturated heterocycles. The third-order valence-electron chi connectivity index (χ3n) is 3.68. The summed E-state index contributed by atoms with van der Waals surface area (Å²) in [6.07, 6.45) is 0. The Kier molecular flexibility index (Phi) is 4.80. The molecule has 2 heteroatoms. The molecule has 106 valence electrons. The molecular formula is C18H23NO. The van der Waals surface area contributed by atoms with E-state index >= 15 is 0 Å². The van der Waals surface area contributed by atoms with Crippen LogP contribution >= 0.6 is 0 Å². The molecule has 20 heavy (non-hydrogen) atoms. The second-order valence-electron chi connectivity index (χ2n) is 5.11. The Hall–Kier alpha value is -1.80. The molecule has 2 aromatic rings. The highest BCUT2D eigenvalue weighted by molar-refractivity contribution is 5.46. The molecular weight excluding hydrogens is 246 g/mol.